The van der Waals surface area contributed by atoms with Crippen LogP contribution in [0.4, 0.5) is 0 Å². The molecule has 1 atom stereocenters. The van der Waals surface area contributed by atoms with Gasteiger partial charge in [0.05, 0.1) is 11.1 Å². The Hall–Kier alpha value is -2.59. The minimum atomic E-state index is -0.563. The second-order valence-electron chi connectivity index (χ2n) is 11.4. The molecule has 2 bridgehead atoms. The van der Waals surface area contributed by atoms with Crippen molar-refractivity contribution in [3.05, 3.63) is 58.7 Å². The van der Waals surface area contributed by atoms with Crippen LogP contribution in [0.2, 0.25) is 0 Å². The van der Waals surface area contributed by atoms with E-state index in [0.29, 0.717) is 18.5 Å². The SMILES string of the molecule is Cc1cc(C)cc(-c2[nH]c3ccc(C(C)(C)C(=O)N4CC5CCC4CC5)cc3c2C(C)CN)c1. The molecule has 3 aliphatic rings. The van der Waals surface area contributed by atoms with Gasteiger partial charge in [0.1, 0.15) is 0 Å². The van der Waals surface area contributed by atoms with Crippen LogP contribution < -0.4 is 5.73 Å². The maximum atomic E-state index is 13.8. The number of nitrogens with two attached hydrogens (primary N) is 1. The Labute approximate surface area is 203 Å². The third-order valence-corrected chi connectivity index (χ3v) is 8.42. The molecule has 1 amide bonds. The third kappa shape index (κ3) is 3.86. The highest BCUT2D eigenvalue weighted by molar-refractivity contribution is 5.94. The fraction of sp³-hybridized carbons (Fsp3) is 0.500. The predicted octanol–water partition coefficient (Wildman–Crippen LogP) is 6.19. The number of H-pyrrole nitrogens is 1. The van der Waals surface area contributed by atoms with Crippen LogP contribution >= 0.6 is 0 Å². The first-order valence-electron chi connectivity index (χ1n) is 12.9. The second-order valence-corrected chi connectivity index (χ2v) is 11.4. The van der Waals surface area contributed by atoms with E-state index in [4.69, 9.17) is 5.73 Å². The van der Waals surface area contributed by atoms with Gasteiger partial charge >= 0.3 is 0 Å². The summed E-state index contributed by atoms with van der Waals surface area (Å²) in [6.07, 6.45) is 4.90. The van der Waals surface area contributed by atoms with E-state index in [9.17, 15) is 4.79 Å². The fourth-order valence-electron chi connectivity index (χ4n) is 6.38. The highest BCUT2D eigenvalue weighted by Gasteiger charge is 2.42. The molecule has 1 saturated carbocycles. The van der Waals surface area contributed by atoms with E-state index >= 15 is 0 Å². The lowest BCUT2D eigenvalue weighted by Crippen LogP contribution is -2.55. The molecule has 2 saturated heterocycles. The van der Waals surface area contributed by atoms with Gasteiger partial charge in [-0.05, 0) is 113 Å². The number of nitrogens with one attached hydrogen (secondary N) is 1. The summed E-state index contributed by atoms with van der Waals surface area (Å²) in [5.41, 5.74) is 13.9. The zero-order chi connectivity index (χ0) is 24.2. The Morgan fingerprint density at radius 2 is 1.76 bits per heavy atom. The van der Waals surface area contributed by atoms with Crippen molar-refractivity contribution in [2.75, 3.05) is 13.1 Å². The van der Waals surface area contributed by atoms with E-state index in [1.807, 2.05) is 0 Å². The first-order chi connectivity index (χ1) is 16.2. The standard InChI is InChI=1S/C30H39N3O/c1-18-12-19(2)14-22(13-18)28-27(20(3)16-31)25-15-23(8-11-26(25)32-28)30(4,5)29(34)33-17-21-6-9-24(33)10-7-21/h8,11-15,20-21,24,32H,6-7,9-10,16-17,31H2,1-5H3. The number of hydrogen-bond donors (Lipinski definition) is 2. The van der Waals surface area contributed by atoms with Gasteiger partial charge in [0.15, 0.2) is 0 Å². The monoisotopic (exact) mass is 457 g/mol. The van der Waals surface area contributed by atoms with Crippen molar-refractivity contribution in [2.45, 2.75) is 77.7 Å². The predicted molar refractivity (Wildman–Crippen MR) is 141 cm³/mol. The number of nitrogens with zero attached hydrogens (tertiary/aromatic N) is 1. The molecule has 6 rings (SSSR count). The Morgan fingerprint density at radius 3 is 2.35 bits per heavy atom. The molecule has 1 aliphatic carbocycles. The number of carbonyl (C=O) groups is 1. The van der Waals surface area contributed by atoms with E-state index in [1.54, 1.807) is 0 Å². The van der Waals surface area contributed by atoms with Crippen LogP contribution in [0.25, 0.3) is 22.2 Å². The number of rotatable bonds is 5. The largest absolute Gasteiger partial charge is 0.354 e. The summed E-state index contributed by atoms with van der Waals surface area (Å²) < 4.78 is 0. The van der Waals surface area contributed by atoms with Crippen LogP contribution in [0, 0.1) is 19.8 Å². The minimum Gasteiger partial charge on any atom is -0.354 e. The molecule has 4 nitrogen and oxygen atoms in total. The van der Waals surface area contributed by atoms with Gasteiger partial charge in [0.2, 0.25) is 5.91 Å². The Balaban J connectivity index is 1.59. The van der Waals surface area contributed by atoms with Gasteiger partial charge in [0, 0.05) is 23.5 Å². The highest BCUT2D eigenvalue weighted by Crippen LogP contribution is 2.41. The van der Waals surface area contributed by atoms with Crippen molar-refractivity contribution < 1.29 is 4.79 Å². The van der Waals surface area contributed by atoms with Gasteiger partial charge < -0.3 is 15.6 Å². The molecule has 2 aliphatic heterocycles. The average Bonchev–Trinajstić information content (AvgIpc) is 3.22. The van der Waals surface area contributed by atoms with Gasteiger partial charge in [-0.15, -0.1) is 0 Å². The van der Waals surface area contributed by atoms with E-state index in [-0.39, 0.29) is 11.8 Å². The summed E-state index contributed by atoms with van der Waals surface area (Å²) in [6, 6.07) is 13.7. The molecule has 0 radical (unpaired) electrons. The number of hydrogen-bond acceptors (Lipinski definition) is 2. The summed E-state index contributed by atoms with van der Waals surface area (Å²) in [7, 11) is 0. The van der Waals surface area contributed by atoms with Crippen LogP contribution in [-0.4, -0.2) is 34.9 Å². The molecular weight excluding hydrogens is 418 g/mol. The van der Waals surface area contributed by atoms with Crippen molar-refractivity contribution >= 4 is 16.8 Å². The lowest BCUT2D eigenvalue weighted by atomic mass is 9.76. The van der Waals surface area contributed by atoms with Crippen molar-refractivity contribution in [1.29, 1.82) is 0 Å². The number of aromatic nitrogens is 1. The number of carbonyl (C=O) groups excluding carboxylic acids is 1. The molecule has 3 aromatic rings. The summed E-state index contributed by atoms with van der Waals surface area (Å²) in [5.74, 6) is 1.17. The lowest BCUT2D eigenvalue weighted by molar-refractivity contribution is -0.144. The van der Waals surface area contributed by atoms with E-state index < -0.39 is 5.41 Å². The summed E-state index contributed by atoms with van der Waals surface area (Å²) in [6.45, 7) is 12.2. The Bertz CT molecular complexity index is 1210. The summed E-state index contributed by atoms with van der Waals surface area (Å²) in [4.78, 5) is 19.7. The number of aromatic amines is 1. The van der Waals surface area contributed by atoms with Gasteiger partial charge in [-0.2, -0.15) is 0 Å². The number of benzene rings is 2. The van der Waals surface area contributed by atoms with E-state index in [0.717, 1.165) is 23.3 Å². The Kier molecular flexibility index (Phi) is 5.84. The van der Waals surface area contributed by atoms with Crippen LogP contribution in [0.5, 0.6) is 0 Å². The van der Waals surface area contributed by atoms with Gasteiger partial charge in [0.25, 0.3) is 0 Å². The van der Waals surface area contributed by atoms with Crippen LogP contribution in [-0.2, 0) is 10.2 Å². The number of amides is 1. The van der Waals surface area contributed by atoms with Gasteiger partial charge in [-0.3, -0.25) is 4.79 Å². The molecule has 1 unspecified atom stereocenters. The zero-order valence-electron chi connectivity index (χ0n) is 21.4. The maximum absolute atomic E-state index is 13.8. The topological polar surface area (TPSA) is 62.1 Å². The molecule has 3 heterocycles. The van der Waals surface area contributed by atoms with Gasteiger partial charge in [-0.1, -0.05) is 30.2 Å². The maximum Gasteiger partial charge on any atom is 0.232 e. The molecule has 180 valence electrons. The van der Waals surface area contributed by atoms with Crippen molar-refractivity contribution in [3.8, 4) is 11.3 Å². The fourth-order valence-corrected chi connectivity index (χ4v) is 6.38. The third-order valence-electron chi connectivity index (χ3n) is 8.42. The van der Waals surface area contributed by atoms with Gasteiger partial charge in [-0.25, -0.2) is 0 Å². The normalized spacial score (nSPS) is 21.3. The molecule has 0 spiro atoms. The average molecular weight is 458 g/mol. The molecule has 4 heteroatoms. The van der Waals surface area contributed by atoms with Crippen molar-refractivity contribution in [1.82, 2.24) is 9.88 Å². The second kappa shape index (κ2) is 8.57. The highest BCUT2D eigenvalue weighted by atomic mass is 16.2. The molecule has 3 N–H and O–H groups in total. The smallest absolute Gasteiger partial charge is 0.232 e. The summed E-state index contributed by atoms with van der Waals surface area (Å²) in [5, 5.41) is 1.19. The summed E-state index contributed by atoms with van der Waals surface area (Å²) >= 11 is 0. The molecule has 3 fully saturated rings. The molecular formula is C30H39N3O. The zero-order valence-corrected chi connectivity index (χ0v) is 21.4. The van der Waals surface area contributed by atoms with E-state index in [1.165, 1.54) is 53.3 Å². The number of piperidine rings is 2. The molecule has 1 aromatic heterocycles. The molecule has 2 aromatic carbocycles. The van der Waals surface area contributed by atoms with Crippen molar-refractivity contribution in [3.63, 3.8) is 0 Å². The molecule has 34 heavy (non-hydrogen) atoms. The van der Waals surface area contributed by atoms with E-state index in [2.05, 4.69) is 80.9 Å². The van der Waals surface area contributed by atoms with Crippen molar-refractivity contribution in [2.24, 2.45) is 11.7 Å². The number of aryl methyl sites for hydroxylation is 2. The first kappa shape index (κ1) is 23.2. The van der Waals surface area contributed by atoms with Crippen LogP contribution in [0.3, 0.4) is 0 Å². The number of fused-ring (bicyclic) bond motifs is 4. The Morgan fingerprint density at radius 1 is 1.09 bits per heavy atom. The first-order valence-corrected chi connectivity index (χ1v) is 12.9. The van der Waals surface area contributed by atoms with Crippen LogP contribution in [0.1, 0.15) is 74.6 Å². The van der Waals surface area contributed by atoms with Crippen LogP contribution in [0.15, 0.2) is 36.4 Å². The quantitative estimate of drug-likeness (QED) is 0.480. The lowest BCUT2D eigenvalue weighted by Gasteiger charge is -2.47. The minimum absolute atomic E-state index is 0.205.